The Morgan fingerprint density at radius 3 is 2.32 bits per heavy atom. The minimum absolute atomic E-state index is 0.170. The summed E-state index contributed by atoms with van der Waals surface area (Å²) >= 11 is 12.5. The lowest BCUT2D eigenvalue weighted by Crippen LogP contribution is -2.52. The lowest BCUT2D eigenvalue weighted by molar-refractivity contribution is -0.123. The second-order valence-corrected chi connectivity index (χ2v) is 8.01. The van der Waals surface area contributed by atoms with Gasteiger partial charge in [0.25, 0.3) is 5.91 Å². The van der Waals surface area contributed by atoms with Crippen LogP contribution >= 0.6 is 23.2 Å². The third-order valence-electron chi connectivity index (χ3n) is 5.48. The highest BCUT2D eigenvalue weighted by atomic mass is 35.5. The van der Waals surface area contributed by atoms with Crippen LogP contribution in [0.4, 0.5) is 11.4 Å². The van der Waals surface area contributed by atoms with Crippen LogP contribution in [0, 0.1) is 6.92 Å². The number of nitrogens with zero attached hydrogens (tertiary/aromatic N) is 3. The molecule has 146 valence electrons. The molecule has 2 aromatic rings. The Balaban J connectivity index is 1.46. The lowest BCUT2D eigenvalue weighted by atomic mass is 10.1. The van der Waals surface area contributed by atoms with Crippen molar-refractivity contribution in [2.75, 3.05) is 36.0 Å². The summed E-state index contributed by atoms with van der Waals surface area (Å²) in [5.74, 6) is -0.348. The predicted molar refractivity (Wildman–Crippen MR) is 112 cm³/mol. The second kappa shape index (κ2) is 7.74. The van der Waals surface area contributed by atoms with Gasteiger partial charge >= 0.3 is 0 Å². The standard InChI is InChI=1S/C21H21Cl2N3O2/c1-14-6-7-15(12-17(14)23)26-20(27)13-19(21(26)28)25-10-8-24(9-11-25)18-5-3-2-4-16(18)22/h2-7,12,19H,8-11,13H2,1H3. The number of halogens is 2. The van der Waals surface area contributed by atoms with E-state index >= 15 is 0 Å². The van der Waals surface area contributed by atoms with Gasteiger partial charge < -0.3 is 4.90 Å². The smallest absolute Gasteiger partial charge is 0.251 e. The van der Waals surface area contributed by atoms with E-state index in [2.05, 4.69) is 9.80 Å². The van der Waals surface area contributed by atoms with Gasteiger partial charge in [-0.1, -0.05) is 41.4 Å². The summed E-state index contributed by atoms with van der Waals surface area (Å²) in [6.45, 7) is 4.83. The summed E-state index contributed by atoms with van der Waals surface area (Å²) in [6.07, 6.45) is 0.205. The van der Waals surface area contributed by atoms with Gasteiger partial charge in [0.05, 0.1) is 28.9 Å². The summed E-state index contributed by atoms with van der Waals surface area (Å²) in [4.78, 5) is 31.2. The number of imide groups is 1. The summed E-state index contributed by atoms with van der Waals surface area (Å²) < 4.78 is 0. The van der Waals surface area contributed by atoms with Crippen molar-refractivity contribution < 1.29 is 9.59 Å². The zero-order valence-electron chi connectivity index (χ0n) is 15.6. The average Bonchev–Trinajstić information content (AvgIpc) is 2.99. The van der Waals surface area contributed by atoms with Crippen LogP contribution in [0.25, 0.3) is 0 Å². The van der Waals surface area contributed by atoms with Gasteiger partial charge in [0, 0.05) is 31.2 Å². The maximum absolute atomic E-state index is 13.0. The number of rotatable bonds is 3. The van der Waals surface area contributed by atoms with E-state index in [4.69, 9.17) is 23.2 Å². The van der Waals surface area contributed by atoms with E-state index in [9.17, 15) is 9.59 Å². The molecular formula is C21H21Cl2N3O2. The number of aryl methyl sites for hydroxylation is 1. The first-order chi connectivity index (χ1) is 13.5. The number of carbonyl (C=O) groups excluding carboxylic acids is 2. The molecule has 2 amide bonds. The molecule has 0 bridgehead atoms. The minimum atomic E-state index is -0.416. The Hall–Kier alpha value is -2.08. The molecule has 0 aliphatic carbocycles. The van der Waals surface area contributed by atoms with Crippen LogP contribution in [0.2, 0.25) is 10.0 Å². The molecule has 2 saturated heterocycles. The number of carbonyl (C=O) groups is 2. The van der Waals surface area contributed by atoms with Crippen molar-refractivity contribution >= 4 is 46.4 Å². The number of hydrogen-bond acceptors (Lipinski definition) is 4. The number of piperazine rings is 1. The van der Waals surface area contributed by atoms with E-state index in [0.717, 1.165) is 29.4 Å². The van der Waals surface area contributed by atoms with Crippen LogP contribution in [-0.2, 0) is 9.59 Å². The van der Waals surface area contributed by atoms with E-state index < -0.39 is 6.04 Å². The fourth-order valence-corrected chi connectivity index (χ4v) is 4.31. The molecule has 0 radical (unpaired) electrons. The van der Waals surface area contributed by atoms with Gasteiger partial charge in [-0.05, 0) is 36.8 Å². The van der Waals surface area contributed by atoms with E-state index in [-0.39, 0.29) is 18.2 Å². The van der Waals surface area contributed by atoms with E-state index in [1.807, 2.05) is 37.3 Å². The maximum atomic E-state index is 13.0. The Bertz CT molecular complexity index is 926. The Labute approximate surface area is 174 Å². The summed E-state index contributed by atoms with van der Waals surface area (Å²) in [7, 11) is 0. The quantitative estimate of drug-likeness (QED) is 0.713. The van der Waals surface area contributed by atoms with E-state index in [0.29, 0.717) is 23.8 Å². The van der Waals surface area contributed by atoms with Crippen molar-refractivity contribution in [2.24, 2.45) is 0 Å². The van der Waals surface area contributed by atoms with Crippen molar-refractivity contribution in [3.63, 3.8) is 0 Å². The van der Waals surface area contributed by atoms with Gasteiger partial charge in [-0.25, -0.2) is 4.90 Å². The molecule has 2 aromatic carbocycles. The van der Waals surface area contributed by atoms with Gasteiger partial charge in [-0.2, -0.15) is 0 Å². The zero-order valence-corrected chi connectivity index (χ0v) is 17.1. The molecule has 28 heavy (non-hydrogen) atoms. The van der Waals surface area contributed by atoms with Crippen molar-refractivity contribution in [1.29, 1.82) is 0 Å². The Kier molecular flexibility index (Phi) is 5.32. The number of anilines is 2. The first kappa shape index (κ1) is 19.2. The normalized spacial score (nSPS) is 20.9. The Morgan fingerprint density at radius 1 is 0.929 bits per heavy atom. The SMILES string of the molecule is Cc1ccc(N2C(=O)CC(N3CCN(c4ccccc4Cl)CC3)C2=O)cc1Cl. The maximum Gasteiger partial charge on any atom is 0.251 e. The van der Waals surface area contributed by atoms with Crippen LogP contribution in [0.15, 0.2) is 42.5 Å². The number of benzene rings is 2. The molecule has 4 rings (SSSR count). The number of para-hydroxylation sites is 1. The molecule has 2 aliphatic heterocycles. The fraction of sp³-hybridized carbons (Fsp3) is 0.333. The predicted octanol–water partition coefficient (Wildman–Crippen LogP) is 3.76. The number of amides is 2. The van der Waals surface area contributed by atoms with Gasteiger partial charge in [0.1, 0.15) is 0 Å². The first-order valence-corrected chi connectivity index (χ1v) is 10.1. The third kappa shape index (κ3) is 3.50. The minimum Gasteiger partial charge on any atom is -0.368 e. The second-order valence-electron chi connectivity index (χ2n) is 7.20. The summed E-state index contributed by atoms with van der Waals surface area (Å²) in [5, 5.41) is 1.28. The van der Waals surface area contributed by atoms with Crippen LogP contribution in [0.1, 0.15) is 12.0 Å². The van der Waals surface area contributed by atoms with Crippen molar-refractivity contribution in [2.45, 2.75) is 19.4 Å². The monoisotopic (exact) mass is 417 g/mol. The van der Waals surface area contributed by atoms with Crippen molar-refractivity contribution in [3.05, 3.63) is 58.1 Å². The van der Waals surface area contributed by atoms with Gasteiger partial charge in [-0.3, -0.25) is 14.5 Å². The average molecular weight is 418 g/mol. The zero-order chi connectivity index (χ0) is 19.8. The molecule has 2 heterocycles. The van der Waals surface area contributed by atoms with Crippen molar-refractivity contribution in [3.8, 4) is 0 Å². The molecule has 0 spiro atoms. The summed E-state index contributed by atoms with van der Waals surface area (Å²) in [6, 6.07) is 12.6. The van der Waals surface area contributed by atoms with Gasteiger partial charge in [0.2, 0.25) is 5.91 Å². The molecular weight excluding hydrogens is 397 g/mol. The highest BCUT2D eigenvalue weighted by Gasteiger charge is 2.43. The van der Waals surface area contributed by atoms with Crippen molar-refractivity contribution in [1.82, 2.24) is 4.90 Å². The van der Waals surface area contributed by atoms with Gasteiger partial charge in [-0.15, -0.1) is 0 Å². The molecule has 0 saturated carbocycles. The van der Waals surface area contributed by atoms with Crippen LogP contribution in [0.5, 0.6) is 0 Å². The van der Waals surface area contributed by atoms with Crippen LogP contribution in [0.3, 0.4) is 0 Å². The van der Waals surface area contributed by atoms with Crippen LogP contribution < -0.4 is 9.80 Å². The molecule has 1 unspecified atom stereocenters. The third-order valence-corrected chi connectivity index (χ3v) is 6.21. The molecule has 7 heteroatoms. The molecule has 2 aliphatic rings. The van der Waals surface area contributed by atoms with E-state index in [1.165, 1.54) is 4.90 Å². The molecule has 0 aromatic heterocycles. The molecule has 5 nitrogen and oxygen atoms in total. The molecule has 0 N–H and O–H groups in total. The van der Waals surface area contributed by atoms with Gasteiger partial charge in [0.15, 0.2) is 0 Å². The van der Waals surface area contributed by atoms with E-state index in [1.54, 1.807) is 12.1 Å². The highest BCUT2D eigenvalue weighted by Crippen LogP contribution is 2.31. The highest BCUT2D eigenvalue weighted by molar-refractivity contribution is 6.33. The fourth-order valence-electron chi connectivity index (χ4n) is 3.88. The topological polar surface area (TPSA) is 43.9 Å². The largest absolute Gasteiger partial charge is 0.368 e. The Morgan fingerprint density at radius 2 is 1.64 bits per heavy atom. The molecule has 1 atom stereocenters. The lowest BCUT2D eigenvalue weighted by Gasteiger charge is -2.38. The van der Waals surface area contributed by atoms with Crippen LogP contribution in [-0.4, -0.2) is 48.9 Å². The molecule has 2 fully saturated rings. The first-order valence-electron chi connectivity index (χ1n) is 9.32. The number of hydrogen-bond donors (Lipinski definition) is 0. The summed E-state index contributed by atoms with van der Waals surface area (Å²) in [5.41, 5.74) is 2.47.